The van der Waals surface area contributed by atoms with E-state index in [9.17, 15) is 14.0 Å². The van der Waals surface area contributed by atoms with Gasteiger partial charge >= 0.3 is 5.97 Å². The van der Waals surface area contributed by atoms with Crippen LogP contribution in [-0.2, 0) is 9.59 Å². The van der Waals surface area contributed by atoms with E-state index in [1.165, 1.54) is 29.2 Å². The van der Waals surface area contributed by atoms with Crippen LogP contribution in [0.2, 0.25) is 0 Å². The zero-order valence-electron chi connectivity index (χ0n) is 8.39. The van der Waals surface area contributed by atoms with Crippen LogP contribution >= 0.6 is 0 Å². The Morgan fingerprint density at radius 2 is 2.00 bits per heavy atom. The van der Waals surface area contributed by atoms with Gasteiger partial charge in [-0.25, -0.2) is 9.18 Å². The summed E-state index contributed by atoms with van der Waals surface area (Å²) in [5.41, 5.74) is 0.427. The standard InChI is InChI=1S/C11H10FNO3/c12-7-1-3-8(4-2-7)13-9(11(15)16)5-6-10(13)14/h1-4,9H,5-6H2,(H,15,16)/t9-/m1/s1. The fraction of sp³-hybridized carbons (Fsp3) is 0.273. The molecule has 0 bridgehead atoms. The topological polar surface area (TPSA) is 57.6 Å². The molecular weight excluding hydrogens is 213 g/mol. The first kappa shape index (κ1) is 10.6. The van der Waals surface area contributed by atoms with Crippen LogP contribution in [0.4, 0.5) is 10.1 Å². The number of carbonyl (C=O) groups is 2. The highest BCUT2D eigenvalue weighted by Gasteiger charge is 2.36. The second-order valence-electron chi connectivity index (χ2n) is 3.63. The summed E-state index contributed by atoms with van der Waals surface area (Å²) >= 11 is 0. The zero-order valence-corrected chi connectivity index (χ0v) is 8.39. The molecule has 1 aromatic carbocycles. The van der Waals surface area contributed by atoms with E-state index in [0.29, 0.717) is 12.1 Å². The average molecular weight is 223 g/mol. The van der Waals surface area contributed by atoms with Gasteiger partial charge in [-0.2, -0.15) is 0 Å². The lowest BCUT2D eigenvalue weighted by Gasteiger charge is -2.21. The Morgan fingerprint density at radius 1 is 1.38 bits per heavy atom. The van der Waals surface area contributed by atoms with Crippen molar-refractivity contribution in [1.82, 2.24) is 0 Å². The Morgan fingerprint density at radius 3 is 2.56 bits per heavy atom. The molecule has 1 aromatic rings. The van der Waals surface area contributed by atoms with Crippen molar-refractivity contribution in [2.75, 3.05) is 4.90 Å². The highest BCUT2D eigenvalue weighted by Crippen LogP contribution is 2.26. The Balaban J connectivity index is 2.33. The van der Waals surface area contributed by atoms with Gasteiger partial charge in [-0.1, -0.05) is 0 Å². The van der Waals surface area contributed by atoms with Gasteiger partial charge < -0.3 is 5.11 Å². The summed E-state index contributed by atoms with van der Waals surface area (Å²) < 4.78 is 12.7. The molecule has 1 N–H and O–H groups in total. The first-order valence-corrected chi connectivity index (χ1v) is 4.90. The van der Waals surface area contributed by atoms with E-state index in [1.54, 1.807) is 0 Å². The van der Waals surface area contributed by atoms with E-state index in [2.05, 4.69) is 0 Å². The van der Waals surface area contributed by atoms with Crippen LogP contribution in [0.1, 0.15) is 12.8 Å². The Labute approximate surface area is 91.3 Å². The third kappa shape index (κ3) is 1.76. The molecule has 0 aromatic heterocycles. The summed E-state index contributed by atoms with van der Waals surface area (Å²) in [5.74, 6) is -1.68. The molecule has 2 rings (SSSR count). The number of hydrogen-bond donors (Lipinski definition) is 1. The van der Waals surface area contributed by atoms with Gasteiger partial charge in [0.25, 0.3) is 0 Å². The summed E-state index contributed by atoms with van der Waals surface area (Å²) in [7, 11) is 0. The van der Waals surface area contributed by atoms with Crippen molar-refractivity contribution < 1.29 is 19.1 Å². The van der Waals surface area contributed by atoms with Crippen molar-refractivity contribution in [3.8, 4) is 0 Å². The number of hydrogen-bond acceptors (Lipinski definition) is 2. The van der Waals surface area contributed by atoms with Crippen LogP contribution in [0, 0.1) is 5.82 Å². The van der Waals surface area contributed by atoms with Gasteiger partial charge in [0.1, 0.15) is 11.9 Å². The minimum Gasteiger partial charge on any atom is -0.480 e. The van der Waals surface area contributed by atoms with Gasteiger partial charge in [0.15, 0.2) is 0 Å². The lowest BCUT2D eigenvalue weighted by molar-refractivity contribution is -0.138. The molecule has 0 saturated carbocycles. The van der Waals surface area contributed by atoms with E-state index in [4.69, 9.17) is 5.11 Å². The predicted octanol–water partition coefficient (Wildman–Crippen LogP) is 1.41. The molecule has 1 heterocycles. The van der Waals surface area contributed by atoms with Crippen molar-refractivity contribution in [2.24, 2.45) is 0 Å². The van der Waals surface area contributed by atoms with Gasteiger partial charge in [0.2, 0.25) is 5.91 Å². The summed E-state index contributed by atoms with van der Waals surface area (Å²) in [6, 6.07) is 4.40. The number of carboxylic acids is 1. The van der Waals surface area contributed by atoms with Gasteiger partial charge in [-0.05, 0) is 30.7 Å². The maximum atomic E-state index is 12.7. The van der Waals surface area contributed by atoms with Gasteiger partial charge in [0.05, 0.1) is 0 Å². The van der Waals surface area contributed by atoms with Crippen molar-refractivity contribution in [1.29, 1.82) is 0 Å². The average Bonchev–Trinajstić information content (AvgIpc) is 2.62. The van der Waals surface area contributed by atoms with E-state index in [1.807, 2.05) is 0 Å². The molecule has 1 saturated heterocycles. The maximum Gasteiger partial charge on any atom is 0.326 e. The lowest BCUT2D eigenvalue weighted by atomic mass is 10.2. The van der Waals surface area contributed by atoms with Crippen LogP contribution < -0.4 is 4.90 Å². The molecule has 0 spiro atoms. The van der Waals surface area contributed by atoms with Crippen molar-refractivity contribution in [2.45, 2.75) is 18.9 Å². The van der Waals surface area contributed by atoms with Crippen LogP contribution in [0.3, 0.4) is 0 Å². The fourth-order valence-electron chi connectivity index (χ4n) is 1.84. The number of anilines is 1. The predicted molar refractivity (Wildman–Crippen MR) is 54.5 cm³/mol. The fourth-order valence-corrected chi connectivity index (χ4v) is 1.84. The third-order valence-electron chi connectivity index (χ3n) is 2.60. The molecule has 84 valence electrons. The Bertz CT molecular complexity index is 429. The number of halogens is 1. The van der Waals surface area contributed by atoms with Crippen LogP contribution in [0.25, 0.3) is 0 Å². The van der Waals surface area contributed by atoms with Gasteiger partial charge in [0, 0.05) is 12.1 Å². The first-order valence-electron chi connectivity index (χ1n) is 4.90. The van der Waals surface area contributed by atoms with Crippen molar-refractivity contribution >= 4 is 17.6 Å². The molecule has 0 aliphatic carbocycles. The van der Waals surface area contributed by atoms with E-state index in [0.717, 1.165) is 0 Å². The van der Waals surface area contributed by atoms with Crippen LogP contribution in [0.5, 0.6) is 0 Å². The van der Waals surface area contributed by atoms with Crippen molar-refractivity contribution in [3.05, 3.63) is 30.1 Å². The smallest absolute Gasteiger partial charge is 0.326 e. The molecule has 1 aliphatic rings. The first-order chi connectivity index (χ1) is 7.59. The quantitative estimate of drug-likeness (QED) is 0.824. The van der Waals surface area contributed by atoms with Gasteiger partial charge in [-0.15, -0.1) is 0 Å². The van der Waals surface area contributed by atoms with E-state index >= 15 is 0 Å². The summed E-state index contributed by atoms with van der Waals surface area (Å²) in [5, 5.41) is 8.95. The highest BCUT2D eigenvalue weighted by atomic mass is 19.1. The summed E-state index contributed by atoms with van der Waals surface area (Å²) in [6.45, 7) is 0. The largest absolute Gasteiger partial charge is 0.480 e. The molecule has 1 atom stereocenters. The minimum atomic E-state index is -1.03. The number of benzene rings is 1. The molecule has 0 radical (unpaired) electrons. The molecule has 5 heteroatoms. The number of rotatable bonds is 2. The normalized spacial score (nSPS) is 20.2. The number of amides is 1. The lowest BCUT2D eigenvalue weighted by Crippen LogP contribution is -2.38. The molecule has 0 unspecified atom stereocenters. The molecule has 16 heavy (non-hydrogen) atoms. The van der Waals surface area contributed by atoms with Gasteiger partial charge in [-0.3, -0.25) is 9.69 Å². The monoisotopic (exact) mass is 223 g/mol. The maximum absolute atomic E-state index is 12.7. The number of nitrogens with zero attached hydrogens (tertiary/aromatic N) is 1. The number of carboxylic acid groups (broad SMARTS) is 1. The summed E-state index contributed by atoms with van der Waals surface area (Å²) in [4.78, 5) is 23.7. The SMILES string of the molecule is O=C(O)[C@H]1CCC(=O)N1c1ccc(F)cc1. The van der Waals surface area contributed by atoms with Crippen molar-refractivity contribution in [3.63, 3.8) is 0 Å². The van der Waals surface area contributed by atoms with Crippen LogP contribution in [-0.4, -0.2) is 23.0 Å². The van der Waals surface area contributed by atoms with E-state index in [-0.39, 0.29) is 12.3 Å². The minimum absolute atomic E-state index is 0.217. The Hall–Kier alpha value is -1.91. The zero-order chi connectivity index (χ0) is 11.7. The second-order valence-corrected chi connectivity index (χ2v) is 3.63. The molecular formula is C11H10FNO3. The third-order valence-corrected chi connectivity index (χ3v) is 2.60. The highest BCUT2D eigenvalue weighted by molar-refractivity contribution is 6.02. The Kier molecular flexibility index (Phi) is 2.60. The molecule has 1 fully saturated rings. The molecule has 4 nitrogen and oxygen atoms in total. The van der Waals surface area contributed by atoms with E-state index < -0.39 is 17.8 Å². The number of aliphatic carboxylic acids is 1. The van der Waals surface area contributed by atoms with Crippen LogP contribution in [0.15, 0.2) is 24.3 Å². The molecule has 1 amide bonds. The number of carbonyl (C=O) groups excluding carboxylic acids is 1. The summed E-state index contributed by atoms with van der Waals surface area (Å²) in [6.07, 6.45) is 0.514. The second kappa shape index (κ2) is 3.92. The molecule has 1 aliphatic heterocycles.